The molecule has 3 aromatic carbocycles. The summed E-state index contributed by atoms with van der Waals surface area (Å²) in [5.41, 5.74) is 2.21. The Labute approximate surface area is 182 Å². The third kappa shape index (κ3) is 3.52. The van der Waals surface area contributed by atoms with Crippen LogP contribution < -0.4 is 9.62 Å². The molecule has 0 radical (unpaired) electrons. The van der Waals surface area contributed by atoms with Crippen LogP contribution in [0.2, 0.25) is 0 Å². The molecule has 0 unspecified atom stereocenters. The van der Waals surface area contributed by atoms with E-state index in [1.54, 1.807) is 31.2 Å². The van der Waals surface area contributed by atoms with Crippen LogP contribution in [-0.2, 0) is 14.8 Å². The summed E-state index contributed by atoms with van der Waals surface area (Å²) in [6.45, 7) is 4.56. The fraction of sp³-hybridized carbons (Fsp3) is 0.292. The molecule has 1 aliphatic carbocycles. The predicted molar refractivity (Wildman–Crippen MR) is 119 cm³/mol. The molecule has 2 N–H and O–H groups in total. The van der Waals surface area contributed by atoms with Gasteiger partial charge in [-0.2, -0.15) is 4.72 Å². The molecule has 2 aliphatic rings. The van der Waals surface area contributed by atoms with E-state index in [1.807, 2.05) is 29.2 Å². The predicted octanol–water partition coefficient (Wildman–Crippen LogP) is 1.66. The van der Waals surface area contributed by atoms with Crippen molar-refractivity contribution in [3.05, 3.63) is 77.9 Å². The standard InChI is InChI=1S/C24H25N3O3S/c1-17(28)26-13-15-27(16-14-26)24-21-12-6-8-18-7-5-11-20(22(18)21)23(24)25-31(29,30)19-9-3-2-4-10-19/h2-12,23-25H,13-16H2,1H3/p+1/t23-,24-/m1/s1. The van der Waals surface area contributed by atoms with Crippen molar-refractivity contribution in [3.8, 4) is 0 Å². The molecule has 1 amide bonds. The van der Waals surface area contributed by atoms with E-state index in [0.29, 0.717) is 13.1 Å². The number of quaternary nitrogens is 1. The highest BCUT2D eigenvalue weighted by molar-refractivity contribution is 7.89. The SMILES string of the molecule is CC(=O)N1CC[NH+]([C@@H]2c3cccc4cccc(c34)[C@H]2NS(=O)(=O)c2ccccc2)CC1. The Hall–Kier alpha value is -2.74. The summed E-state index contributed by atoms with van der Waals surface area (Å²) < 4.78 is 29.5. The van der Waals surface area contributed by atoms with E-state index in [4.69, 9.17) is 0 Å². The molecule has 0 bridgehead atoms. The van der Waals surface area contributed by atoms with Gasteiger partial charge in [0.25, 0.3) is 0 Å². The van der Waals surface area contributed by atoms with Gasteiger partial charge < -0.3 is 9.80 Å². The number of nitrogens with zero attached hydrogens (tertiary/aromatic N) is 1. The molecule has 2 atom stereocenters. The highest BCUT2D eigenvalue weighted by Gasteiger charge is 2.44. The Kier molecular flexibility index (Phi) is 5.04. The highest BCUT2D eigenvalue weighted by Crippen LogP contribution is 2.43. The van der Waals surface area contributed by atoms with Crippen molar-refractivity contribution in [2.75, 3.05) is 26.2 Å². The third-order valence-electron chi connectivity index (χ3n) is 6.60. The van der Waals surface area contributed by atoms with Gasteiger partial charge in [-0.25, -0.2) is 8.42 Å². The van der Waals surface area contributed by atoms with Crippen LogP contribution in [0, 0.1) is 0 Å². The lowest BCUT2D eigenvalue weighted by Crippen LogP contribution is -3.15. The van der Waals surface area contributed by atoms with Crippen molar-refractivity contribution in [2.24, 2.45) is 0 Å². The summed E-state index contributed by atoms with van der Waals surface area (Å²) in [5, 5.41) is 2.28. The zero-order chi connectivity index (χ0) is 21.6. The average Bonchev–Trinajstić information content (AvgIpc) is 3.09. The number of piperazine rings is 1. The largest absolute Gasteiger partial charge is 0.332 e. The second kappa shape index (κ2) is 7.75. The Morgan fingerprint density at radius 3 is 2.23 bits per heavy atom. The van der Waals surface area contributed by atoms with Crippen LogP contribution in [0.3, 0.4) is 0 Å². The van der Waals surface area contributed by atoms with Gasteiger partial charge in [-0.3, -0.25) is 4.79 Å². The lowest BCUT2D eigenvalue weighted by Gasteiger charge is -2.37. The van der Waals surface area contributed by atoms with Crippen LogP contribution in [0.25, 0.3) is 10.8 Å². The van der Waals surface area contributed by atoms with E-state index in [2.05, 4.69) is 22.9 Å². The number of benzene rings is 3. The van der Waals surface area contributed by atoms with Crippen LogP contribution in [0.5, 0.6) is 0 Å². The number of carbonyl (C=O) groups is 1. The number of amides is 1. The van der Waals surface area contributed by atoms with Gasteiger partial charge in [0.15, 0.2) is 0 Å². The molecule has 3 aromatic rings. The van der Waals surface area contributed by atoms with Gasteiger partial charge >= 0.3 is 0 Å². The van der Waals surface area contributed by atoms with Crippen molar-refractivity contribution < 1.29 is 18.1 Å². The minimum absolute atomic E-state index is 0.0336. The molecular formula is C24H26N3O3S+. The topological polar surface area (TPSA) is 70.9 Å². The summed E-state index contributed by atoms with van der Waals surface area (Å²) in [4.78, 5) is 15.2. The summed E-state index contributed by atoms with van der Waals surface area (Å²) in [7, 11) is -3.68. The smallest absolute Gasteiger partial charge is 0.241 e. The van der Waals surface area contributed by atoms with Crippen molar-refractivity contribution in [1.29, 1.82) is 0 Å². The number of rotatable bonds is 4. The van der Waals surface area contributed by atoms with Gasteiger partial charge in [-0.15, -0.1) is 0 Å². The van der Waals surface area contributed by atoms with E-state index < -0.39 is 10.0 Å². The van der Waals surface area contributed by atoms with Gasteiger partial charge in [-0.05, 0) is 28.5 Å². The molecule has 1 heterocycles. The van der Waals surface area contributed by atoms with Crippen LogP contribution in [0.4, 0.5) is 0 Å². The molecule has 0 spiro atoms. The molecule has 1 saturated heterocycles. The van der Waals surface area contributed by atoms with Gasteiger partial charge in [0.05, 0.1) is 31.1 Å². The summed E-state index contributed by atoms with van der Waals surface area (Å²) in [6, 6.07) is 20.5. The third-order valence-corrected chi connectivity index (χ3v) is 8.06. The Morgan fingerprint density at radius 1 is 0.935 bits per heavy atom. The van der Waals surface area contributed by atoms with Crippen molar-refractivity contribution in [2.45, 2.75) is 23.9 Å². The molecule has 1 fully saturated rings. The maximum Gasteiger partial charge on any atom is 0.241 e. The highest BCUT2D eigenvalue weighted by atomic mass is 32.2. The average molecular weight is 437 g/mol. The van der Waals surface area contributed by atoms with Crippen LogP contribution in [0.1, 0.15) is 30.1 Å². The first kappa shape index (κ1) is 20.2. The fourth-order valence-corrected chi connectivity index (χ4v) is 6.37. The Morgan fingerprint density at radius 2 is 1.58 bits per heavy atom. The number of hydrogen-bond acceptors (Lipinski definition) is 3. The molecule has 5 rings (SSSR count). The van der Waals surface area contributed by atoms with Crippen LogP contribution in [-0.4, -0.2) is 45.4 Å². The molecule has 160 valence electrons. The van der Waals surface area contributed by atoms with E-state index in [-0.39, 0.29) is 22.9 Å². The summed E-state index contributed by atoms with van der Waals surface area (Å²) in [5.74, 6) is 0.0946. The second-order valence-corrected chi connectivity index (χ2v) is 10.1. The molecule has 31 heavy (non-hydrogen) atoms. The Bertz CT molecular complexity index is 1230. The minimum Gasteiger partial charge on any atom is -0.332 e. The lowest BCUT2D eigenvalue weighted by atomic mass is 10.0. The maximum atomic E-state index is 13.3. The molecule has 7 heteroatoms. The number of hydrogen-bond donors (Lipinski definition) is 2. The molecule has 1 aliphatic heterocycles. The minimum atomic E-state index is -3.68. The molecule has 0 aromatic heterocycles. The maximum absolute atomic E-state index is 13.3. The fourth-order valence-electron chi connectivity index (χ4n) is 5.12. The lowest BCUT2D eigenvalue weighted by molar-refractivity contribution is -0.937. The first-order valence-electron chi connectivity index (χ1n) is 10.6. The van der Waals surface area contributed by atoms with E-state index >= 15 is 0 Å². The zero-order valence-electron chi connectivity index (χ0n) is 17.4. The molecule has 6 nitrogen and oxygen atoms in total. The second-order valence-electron chi connectivity index (χ2n) is 8.35. The number of carbonyl (C=O) groups excluding carboxylic acids is 1. The van der Waals surface area contributed by atoms with E-state index in [1.165, 1.54) is 10.5 Å². The van der Waals surface area contributed by atoms with Crippen LogP contribution >= 0.6 is 0 Å². The van der Waals surface area contributed by atoms with E-state index in [0.717, 1.165) is 29.4 Å². The summed E-state index contributed by atoms with van der Waals surface area (Å²) in [6.07, 6.45) is 0. The first-order valence-corrected chi connectivity index (χ1v) is 12.1. The van der Waals surface area contributed by atoms with Gasteiger partial charge in [0.1, 0.15) is 12.1 Å². The number of sulfonamides is 1. The normalized spacial score (nSPS) is 21.5. The first-order chi connectivity index (χ1) is 15.0. The van der Waals surface area contributed by atoms with Gasteiger partial charge in [-0.1, -0.05) is 54.6 Å². The van der Waals surface area contributed by atoms with Crippen molar-refractivity contribution >= 4 is 26.7 Å². The molecular weight excluding hydrogens is 410 g/mol. The van der Waals surface area contributed by atoms with Gasteiger partial charge in [0.2, 0.25) is 15.9 Å². The molecule has 0 saturated carbocycles. The Balaban J connectivity index is 1.55. The quantitative estimate of drug-likeness (QED) is 0.654. The van der Waals surface area contributed by atoms with Crippen LogP contribution in [0.15, 0.2) is 71.6 Å². The number of nitrogens with one attached hydrogen (secondary N) is 2. The van der Waals surface area contributed by atoms with E-state index in [9.17, 15) is 13.2 Å². The summed E-state index contributed by atoms with van der Waals surface area (Å²) >= 11 is 0. The monoisotopic (exact) mass is 436 g/mol. The zero-order valence-corrected chi connectivity index (χ0v) is 18.2. The van der Waals surface area contributed by atoms with Crippen molar-refractivity contribution in [1.82, 2.24) is 9.62 Å². The van der Waals surface area contributed by atoms with Crippen molar-refractivity contribution in [3.63, 3.8) is 0 Å². The van der Waals surface area contributed by atoms with Gasteiger partial charge in [0, 0.05) is 12.5 Å².